The molecule has 3 aromatic heterocycles. The van der Waals surface area contributed by atoms with Crippen LogP contribution in [0.5, 0.6) is 0 Å². The fraction of sp³-hybridized carbons (Fsp3) is 0.136. The Hall–Kier alpha value is -3.85. The predicted octanol–water partition coefficient (Wildman–Crippen LogP) is 4.68. The second-order valence-electron chi connectivity index (χ2n) is 7.14. The lowest BCUT2D eigenvalue weighted by Crippen LogP contribution is -2.16. The topological polar surface area (TPSA) is 102 Å². The van der Waals surface area contributed by atoms with Crippen LogP contribution >= 0.6 is 11.3 Å². The molecule has 3 heterocycles. The molecule has 1 amide bonds. The fourth-order valence-corrected chi connectivity index (χ4v) is 4.27. The van der Waals surface area contributed by atoms with Crippen LogP contribution in [0.15, 0.2) is 53.8 Å². The molecule has 0 saturated heterocycles. The van der Waals surface area contributed by atoms with Crippen LogP contribution in [0.4, 0.5) is 5.69 Å². The standard InChI is InChI=1S/C22H19N5O3S/c1-13-4-7-21(23-11-13)26-14(2)8-17(15(26)3)12-24-25-22(28)20-10-16-9-18(27(29)30)5-6-19(16)31-20/h4-12H,1-3H3,(H,25,28). The van der Waals surface area contributed by atoms with Crippen LogP contribution in [0.3, 0.4) is 0 Å². The van der Waals surface area contributed by atoms with E-state index in [1.807, 2.05) is 49.7 Å². The number of carbonyl (C=O) groups excluding carboxylic acids is 1. The van der Waals surface area contributed by atoms with Gasteiger partial charge in [-0.1, -0.05) is 6.07 Å². The summed E-state index contributed by atoms with van der Waals surface area (Å²) in [6, 6.07) is 12.1. The van der Waals surface area contributed by atoms with Crippen LogP contribution in [-0.4, -0.2) is 26.6 Å². The molecule has 0 aliphatic carbocycles. The number of hydrogen-bond acceptors (Lipinski definition) is 6. The molecule has 0 aliphatic rings. The summed E-state index contributed by atoms with van der Waals surface area (Å²) in [5.41, 5.74) is 6.45. The van der Waals surface area contributed by atoms with Crippen molar-refractivity contribution in [3.05, 3.63) is 86.2 Å². The molecular formula is C22H19N5O3S. The van der Waals surface area contributed by atoms with Gasteiger partial charge in [-0.25, -0.2) is 10.4 Å². The number of rotatable bonds is 5. The van der Waals surface area contributed by atoms with Gasteiger partial charge in [-0.2, -0.15) is 5.10 Å². The highest BCUT2D eigenvalue weighted by Gasteiger charge is 2.14. The quantitative estimate of drug-likeness (QED) is 0.280. The van der Waals surface area contributed by atoms with Gasteiger partial charge < -0.3 is 4.57 Å². The zero-order chi connectivity index (χ0) is 22.1. The first-order valence-electron chi connectivity index (χ1n) is 9.47. The minimum atomic E-state index is -0.455. The Balaban J connectivity index is 1.51. The van der Waals surface area contributed by atoms with Gasteiger partial charge in [0.15, 0.2) is 0 Å². The number of nitro benzene ring substituents is 1. The summed E-state index contributed by atoms with van der Waals surface area (Å²) in [7, 11) is 0. The smallest absolute Gasteiger partial charge is 0.281 e. The number of fused-ring (bicyclic) bond motifs is 1. The van der Waals surface area contributed by atoms with E-state index in [-0.39, 0.29) is 11.6 Å². The highest BCUT2D eigenvalue weighted by molar-refractivity contribution is 7.20. The molecule has 0 fully saturated rings. The van der Waals surface area contributed by atoms with Crippen molar-refractivity contribution in [2.75, 3.05) is 0 Å². The molecule has 0 aliphatic heterocycles. The number of benzene rings is 1. The maximum absolute atomic E-state index is 12.5. The number of non-ortho nitro benzene ring substituents is 1. The third-order valence-corrected chi connectivity index (χ3v) is 6.01. The molecule has 0 bridgehead atoms. The van der Waals surface area contributed by atoms with E-state index in [1.54, 1.807) is 18.3 Å². The molecule has 4 rings (SSSR count). The molecule has 1 N–H and O–H groups in total. The van der Waals surface area contributed by atoms with Crippen molar-refractivity contribution in [3.63, 3.8) is 0 Å². The van der Waals surface area contributed by atoms with E-state index in [2.05, 4.69) is 15.5 Å². The van der Waals surface area contributed by atoms with E-state index in [0.29, 0.717) is 10.3 Å². The maximum Gasteiger partial charge on any atom is 0.281 e. The van der Waals surface area contributed by atoms with Crippen molar-refractivity contribution < 1.29 is 9.72 Å². The minimum absolute atomic E-state index is 0.00583. The van der Waals surface area contributed by atoms with Crippen molar-refractivity contribution >= 4 is 39.2 Å². The Bertz CT molecular complexity index is 1340. The van der Waals surface area contributed by atoms with Crippen LogP contribution < -0.4 is 5.43 Å². The Morgan fingerprint density at radius 1 is 1.19 bits per heavy atom. The second kappa shape index (κ2) is 8.11. The van der Waals surface area contributed by atoms with Gasteiger partial charge in [0, 0.05) is 45.4 Å². The van der Waals surface area contributed by atoms with E-state index in [9.17, 15) is 14.9 Å². The van der Waals surface area contributed by atoms with Gasteiger partial charge >= 0.3 is 0 Å². The Morgan fingerprint density at radius 3 is 2.71 bits per heavy atom. The van der Waals surface area contributed by atoms with Crippen LogP contribution in [0, 0.1) is 30.9 Å². The Morgan fingerprint density at radius 2 is 2.00 bits per heavy atom. The van der Waals surface area contributed by atoms with Crippen molar-refractivity contribution in [1.82, 2.24) is 15.0 Å². The molecule has 8 nitrogen and oxygen atoms in total. The first-order chi connectivity index (χ1) is 14.8. The van der Waals surface area contributed by atoms with Gasteiger partial charge in [0.2, 0.25) is 0 Å². The van der Waals surface area contributed by atoms with Crippen LogP contribution in [0.25, 0.3) is 15.9 Å². The number of carbonyl (C=O) groups is 1. The molecule has 0 radical (unpaired) electrons. The van der Waals surface area contributed by atoms with Crippen molar-refractivity contribution in [3.8, 4) is 5.82 Å². The normalized spacial score (nSPS) is 11.3. The summed E-state index contributed by atoms with van der Waals surface area (Å²) < 4.78 is 2.83. The molecule has 156 valence electrons. The number of hydrazone groups is 1. The molecule has 0 spiro atoms. The fourth-order valence-electron chi connectivity index (χ4n) is 3.33. The number of aryl methyl sites for hydroxylation is 2. The number of nitrogens with one attached hydrogen (secondary N) is 1. The molecule has 0 saturated carbocycles. The van der Waals surface area contributed by atoms with Crippen molar-refractivity contribution in [1.29, 1.82) is 0 Å². The average molecular weight is 433 g/mol. The van der Waals surface area contributed by atoms with Gasteiger partial charge in [0.1, 0.15) is 5.82 Å². The SMILES string of the molecule is Cc1ccc(-n2c(C)cc(C=NNC(=O)c3cc4cc([N+](=O)[O-])ccc4s3)c2C)nc1. The summed E-state index contributed by atoms with van der Waals surface area (Å²) in [6.07, 6.45) is 3.42. The molecule has 1 aromatic carbocycles. The number of nitrogens with zero attached hydrogens (tertiary/aromatic N) is 4. The van der Waals surface area contributed by atoms with E-state index in [1.165, 1.54) is 23.5 Å². The predicted molar refractivity (Wildman–Crippen MR) is 121 cm³/mol. The third kappa shape index (κ3) is 4.08. The second-order valence-corrected chi connectivity index (χ2v) is 8.23. The van der Waals surface area contributed by atoms with E-state index in [0.717, 1.165) is 33.0 Å². The summed E-state index contributed by atoms with van der Waals surface area (Å²) in [4.78, 5) is 27.9. The first-order valence-corrected chi connectivity index (χ1v) is 10.3. The number of amides is 1. The zero-order valence-electron chi connectivity index (χ0n) is 17.1. The largest absolute Gasteiger partial charge is 0.303 e. The van der Waals surface area contributed by atoms with Gasteiger partial charge in [-0.15, -0.1) is 11.3 Å². The first kappa shape index (κ1) is 20.4. The van der Waals surface area contributed by atoms with Crippen LogP contribution in [0.2, 0.25) is 0 Å². The number of aromatic nitrogens is 2. The van der Waals surface area contributed by atoms with Gasteiger partial charge in [0.25, 0.3) is 11.6 Å². The summed E-state index contributed by atoms with van der Waals surface area (Å²) in [5.74, 6) is 0.456. The third-order valence-electron chi connectivity index (χ3n) is 4.90. The molecule has 31 heavy (non-hydrogen) atoms. The lowest BCUT2D eigenvalue weighted by atomic mass is 10.2. The Labute approximate surface area is 182 Å². The lowest BCUT2D eigenvalue weighted by Gasteiger charge is -2.08. The van der Waals surface area contributed by atoms with Gasteiger partial charge in [-0.3, -0.25) is 14.9 Å². The summed E-state index contributed by atoms with van der Waals surface area (Å²) in [6.45, 7) is 5.95. The van der Waals surface area contributed by atoms with Gasteiger partial charge in [-0.05, 0) is 50.6 Å². The maximum atomic E-state index is 12.5. The molecule has 0 unspecified atom stereocenters. The lowest BCUT2D eigenvalue weighted by molar-refractivity contribution is -0.384. The minimum Gasteiger partial charge on any atom is -0.303 e. The summed E-state index contributed by atoms with van der Waals surface area (Å²) >= 11 is 1.26. The van der Waals surface area contributed by atoms with Crippen LogP contribution in [0.1, 0.15) is 32.2 Å². The number of hydrogen-bond donors (Lipinski definition) is 1. The van der Waals surface area contributed by atoms with Gasteiger partial charge in [0.05, 0.1) is 16.0 Å². The number of thiophene rings is 1. The molecular weight excluding hydrogens is 414 g/mol. The Kier molecular flexibility index (Phi) is 5.35. The highest BCUT2D eigenvalue weighted by Crippen LogP contribution is 2.29. The monoisotopic (exact) mass is 433 g/mol. The van der Waals surface area contributed by atoms with Crippen molar-refractivity contribution in [2.45, 2.75) is 20.8 Å². The molecule has 0 atom stereocenters. The number of nitro groups is 1. The van der Waals surface area contributed by atoms with Crippen LogP contribution in [-0.2, 0) is 0 Å². The van der Waals surface area contributed by atoms with E-state index < -0.39 is 4.92 Å². The number of pyridine rings is 1. The van der Waals surface area contributed by atoms with E-state index in [4.69, 9.17) is 0 Å². The zero-order valence-corrected chi connectivity index (χ0v) is 17.9. The van der Waals surface area contributed by atoms with Crippen molar-refractivity contribution in [2.24, 2.45) is 5.10 Å². The molecule has 9 heteroatoms. The summed E-state index contributed by atoms with van der Waals surface area (Å²) in [5, 5.41) is 15.7. The highest BCUT2D eigenvalue weighted by atomic mass is 32.1. The average Bonchev–Trinajstić information content (AvgIpc) is 3.29. The van der Waals surface area contributed by atoms with E-state index >= 15 is 0 Å². The molecule has 4 aromatic rings.